The first-order chi connectivity index (χ1) is 11.0. The molecule has 0 bridgehead atoms. The van der Waals surface area contributed by atoms with Crippen molar-refractivity contribution in [1.29, 1.82) is 0 Å². The van der Waals surface area contributed by atoms with Gasteiger partial charge in [0, 0.05) is 12.0 Å². The molecule has 0 radical (unpaired) electrons. The van der Waals surface area contributed by atoms with Gasteiger partial charge in [-0.3, -0.25) is 0 Å². The van der Waals surface area contributed by atoms with Gasteiger partial charge in [-0.15, -0.1) is 0 Å². The van der Waals surface area contributed by atoms with Crippen molar-refractivity contribution in [3.63, 3.8) is 0 Å². The van der Waals surface area contributed by atoms with Gasteiger partial charge in [0.15, 0.2) is 0 Å². The van der Waals surface area contributed by atoms with E-state index in [0.717, 1.165) is 16.9 Å². The summed E-state index contributed by atoms with van der Waals surface area (Å²) in [6.45, 7) is 1.93. The maximum Gasteiger partial charge on any atom is 0.339 e. The molecule has 5 heteroatoms. The molecule has 0 atom stereocenters. The van der Waals surface area contributed by atoms with E-state index in [-0.39, 0.29) is 5.56 Å². The van der Waals surface area contributed by atoms with E-state index in [1.165, 1.54) is 7.11 Å². The second-order valence-electron chi connectivity index (χ2n) is 5.11. The molecule has 0 aliphatic rings. The lowest BCUT2D eigenvalue weighted by molar-refractivity contribution is 0.0692. The molecule has 0 amide bonds. The molecule has 0 spiro atoms. The number of aromatic carboxylic acids is 1. The van der Waals surface area contributed by atoms with Gasteiger partial charge in [-0.1, -0.05) is 12.1 Å². The number of aryl methyl sites for hydroxylation is 1. The van der Waals surface area contributed by atoms with Crippen LogP contribution in [0.25, 0.3) is 0 Å². The Morgan fingerprint density at radius 2 is 1.78 bits per heavy atom. The molecule has 0 unspecified atom stereocenters. The first-order valence-corrected chi connectivity index (χ1v) is 7.12. The summed E-state index contributed by atoms with van der Waals surface area (Å²) in [6, 6.07) is 8.93. The zero-order valence-corrected chi connectivity index (χ0v) is 13.7. The van der Waals surface area contributed by atoms with Crippen LogP contribution in [0.3, 0.4) is 0 Å². The summed E-state index contributed by atoms with van der Waals surface area (Å²) in [5.41, 5.74) is 2.61. The normalized spacial score (nSPS) is 10.3. The van der Waals surface area contributed by atoms with Gasteiger partial charge in [0.25, 0.3) is 0 Å². The van der Waals surface area contributed by atoms with Gasteiger partial charge in [-0.05, 0) is 36.2 Å². The number of carboxylic acid groups (broad SMARTS) is 1. The Morgan fingerprint density at radius 1 is 1.04 bits per heavy atom. The van der Waals surface area contributed by atoms with Crippen LogP contribution in [0, 0.1) is 6.92 Å². The molecule has 23 heavy (non-hydrogen) atoms. The first kappa shape index (κ1) is 16.7. The van der Waals surface area contributed by atoms with Crippen molar-refractivity contribution in [1.82, 2.24) is 0 Å². The molecule has 2 aromatic carbocycles. The molecule has 0 fully saturated rings. The predicted molar refractivity (Wildman–Crippen MR) is 87.0 cm³/mol. The van der Waals surface area contributed by atoms with E-state index in [4.69, 9.17) is 14.2 Å². The van der Waals surface area contributed by atoms with Gasteiger partial charge >= 0.3 is 5.97 Å². The third kappa shape index (κ3) is 3.39. The van der Waals surface area contributed by atoms with E-state index >= 15 is 0 Å². The summed E-state index contributed by atoms with van der Waals surface area (Å²) in [5.74, 6) is 0.757. The Bertz CT molecular complexity index is 722. The number of hydrogen-bond donors (Lipinski definition) is 1. The minimum absolute atomic E-state index is 0.164. The number of carbonyl (C=O) groups is 1. The Labute approximate surface area is 135 Å². The second-order valence-corrected chi connectivity index (χ2v) is 5.11. The van der Waals surface area contributed by atoms with Crippen molar-refractivity contribution < 1.29 is 24.1 Å². The number of rotatable bonds is 6. The Balaban J connectivity index is 2.55. The zero-order chi connectivity index (χ0) is 17.0. The maximum absolute atomic E-state index is 11.6. The van der Waals surface area contributed by atoms with Crippen molar-refractivity contribution in [3.05, 3.63) is 52.6 Å². The highest BCUT2D eigenvalue weighted by atomic mass is 16.5. The molecular formula is C18H20O5. The van der Waals surface area contributed by atoms with Crippen molar-refractivity contribution in [3.8, 4) is 17.2 Å². The monoisotopic (exact) mass is 316 g/mol. The average Bonchev–Trinajstić information content (AvgIpc) is 2.53. The zero-order valence-electron chi connectivity index (χ0n) is 13.7. The van der Waals surface area contributed by atoms with Crippen LogP contribution < -0.4 is 14.2 Å². The van der Waals surface area contributed by atoms with E-state index in [2.05, 4.69) is 0 Å². The van der Waals surface area contributed by atoms with E-state index < -0.39 is 5.97 Å². The quantitative estimate of drug-likeness (QED) is 0.885. The highest BCUT2D eigenvalue weighted by Crippen LogP contribution is 2.32. The third-order valence-corrected chi connectivity index (χ3v) is 3.69. The molecular weight excluding hydrogens is 296 g/mol. The molecule has 5 nitrogen and oxygen atoms in total. The number of hydrogen-bond acceptors (Lipinski definition) is 4. The van der Waals surface area contributed by atoms with E-state index in [1.807, 2.05) is 19.1 Å². The van der Waals surface area contributed by atoms with Crippen LogP contribution in [-0.4, -0.2) is 32.4 Å². The fourth-order valence-corrected chi connectivity index (χ4v) is 2.69. The van der Waals surface area contributed by atoms with Gasteiger partial charge in [0.1, 0.15) is 22.8 Å². The lowest BCUT2D eigenvalue weighted by Crippen LogP contribution is -2.07. The molecule has 0 aromatic heterocycles. The minimum Gasteiger partial charge on any atom is -0.497 e. The molecule has 0 aliphatic heterocycles. The van der Waals surface area contributed by atoms with Crippen LogP contribution in [0.2, 0.25) is 0 Å². The van der Waals surface area contributed by atoms with Gasteiger partial charge in [0.2, 0.25) is 0 Å². The molecule has 0 heterocycles. The average molecular weight is 316 g/mol. The molecule has 0 saturated heterocycles. The van der Waals surface area contributed by atoms with E-state index in [9.17, 15) is 9.90 Å². The minimum atomic E-state index is -1.02. The van der Waals surface area contributed by atoms with Crippen LogP contribution in [-0.2, 0) is 6.42 Å². The highest BCUT2D eigenvalue weighted by molar-refractivity contribution is 5.92. The smallest absolute Gasteiger partial charge is 0.339 e. The Kier molecular flexibility index (Phi) is 5.11. The van der Waals surface area contributed by atoms with Crippen molar-refractivity contribution in [2.75, 3.05) is 21.3 Å². The number of ether oxygens (including phenoxy) is 3. The summed E-state index contributed by atoms with van der Waals surface area (Å²) in [6.07, 6.45) is 0.403. The largest absolute Gasteiger partial charge is 0.497 e. The predicted octanol–water partition coefficient (Wildman–Crippen LogP) is 3.31. The summed E-state index contributed by atoms with van der Waals surface area (Å²) in [5, 5.41) is 9.50. The standard InChI is InChI=1S/C18H20O5/c1-11-8-14(21-2)10-13(17(11)23-4)9-12-6-5-7-15(22-3)16(12)18(19)20/h5-8,10H,9H2,1-4H3,(H,19,20). The number of carboxylic acids is 1. The lowest BCUT2D eigenvalue weighted by atomic mass is 9.96. The Hall–Kier alpha value is -2.69. The second kappa shape index (κ2) is 7.05. The number of methoxy groups -OCH3 is 3. The first-order valence-electron chi connectivity index (χ1n) is 7.12. The van der Waals surface area contributed by atoms with Crippen molar-refractivity contribution in [2.24, 2.45) is 0 Å². The van der Waals surface area contributed by atoms with Crippen LogP contribution in [0.15, 0.2) is 30.3 Å². The van der Waals surface area contributed by atoms with Gasteiger partial charge in [0.05, 0.1) is 21.3 Å². The molecule has 0 saturated carbocycles. The fourth-order valence-electron chi connectivity index (χ4n) is 2.69. The summed E-state index contributed by atoms with van der Waals surface area (Å²) in [4.78, 5) is 11.6. The molecule has 1 N–H and O–H groups in total. The van der Waals surface area contributed by atoms with Crippen molar-refractivity contribution >= 4 is 5.97 Å². The topological polar surface area (TPSA) is 65.0 Å². The van der Waals surface area contributed by atoms with Crippen LogP contribution in [0.1, 0.15) is 27.0 Å². The Morgan fingerprint density at radius 3 is 2.35 bits per heavy atom. The van der Waals surface area contributed by atoms with Gasteiger partial charge in [-0.2, -0.15) is 0 Å². The van der Waals surface area contributed by atoms with Crippen LogP contribution in [0.4, 0.5) is 0 Å². The summed E-state index contributed by atoms with van der Waals surface area (Å²) in [7, 11) is 4.66. The molecule has 0 aliphatic carbocycles. The van der Waals surface area contributed by atoms with E-state index in [1.54, 1.807) is 32.4 Å². The molecule has 2 rings (SSSR count). The highest BCUT2D eigenvalue weighted by Gasteiger charge is 2.18. The third-order valence-electron chi connectivity index (χ3n) is 3.69. The van der Waals surface area contributed by atoms with Crippen LogP contribution >= 0.6 is 0 Å². The summed E-state index contributed by atoms with van der Waals surface area (Å²) >= 11 is 0. The maximum atomic E-state index is 11.6. The number of benzene rings is 2. The SMILES string of the molecule is COc1cc(C)c(OC)c(Cc2cccc(OC)c2C(=O)O)c1. The van der Waals surface area contributed by atoms with E-state index in [0.29, 0.717) is 23.5 Å². The molecule has 122 valence electrons. The molecule has 2 aromatic rings. The van der Waals surface area contributed by atoms with Gasteiger partial charge in [-0.25, -0.2) is 4.79 Å². The van der Waals surface area contributed by atoms with Crippen molar-refractivity contribution in [2.45, 2.75) is 13.3 Å². The van der Waals surface area contributed by atoms with Gasteiger partial charge < -0.3 is 19.3 Å². The lowest BCUT2D eigenvalue weighted by Gasteiger charge is -2.15. The summed E-state index contributed by atoms with van der Waals surface area (Å²) < 4.78 is 15.9. The van der Waals surface area contributed by atoms with Crippen LogP contribution in [0.5, 0.6) is 17.2 Å². The fraction of sp³-hybridized carbons (Fsp3) is 0.278.